The van der Waals surface area contributed by atoms with Gasteiger partial charge in [-0.25, -0.2) is 4.98 Å². The molecule has 134 valence electrons. The number of likely N-dealkylation sites (N-methyl/N-ethyl adjacent to an activating group) is 1. The molecule has 3 rings (SSSR count). The molecule has 0 atom stereocenters. The zero-order chi connectivity index (χ0) is 18.8. The number of likely N-dealkylation sites (tertiary alicyclic amines) is 1. The van der Waals surface area contributed by atoms with Gasteiger partial charge in [0.15, 0.2) is 5.78 Å². The number of ketones is 1. The molecule has 1 aromatic carbocycles. The molecule has 0 aliphatic carbocycles. The Morgan fingerprint density at radius 1 is 0.962 bits per heavy atom. The number of piperidine rings is 1. The number of carbonyl (C=O) groups excluding carboxylic acids is 1. The average Bonchev–Trinajstić information content (AvgIpc) is 2.58. The number of nitrogens with zero attached hydrogens (tertiary/aromatic N) is 3. The lowest BCUT2D eigenvalue weighted by Crippen LogP contribution is -2.34. The van der Waals surface area contributed by atoms with E-state index >= 15 is 0 Å². The first-order valence-electron chi connectivity index (χ1n) is 8.56. The van der Waals surface area contributed by atoms with Crippen molar-refractivity contribution in [3.05, 3.63) is 68.8 Å². The molecule has 0 saturated carbocycles. The summed E-state index contributed by atoms with van der Waals surface area (Å²) in [5, 5.41) is 0.641. The Bertz CT molecular complexity index is 931. The third-order valence-corrected chi connectivity index (χ3v) is 4.87. The van der Waals surface area contributed by atoms with Crippen LogP contribution < -0.4 is 0 Å². The summed E-state index contributed by atoms with van der Waals surface area (Å²) in [5.74, 6) is 0.0439. The minimum absolute atomic E-state index is 0.0439. The van der Waals surface area contributed by atoms with E-state index in [0.717, 1.165) is 39.5 Å². The predicted octanol–water partition coefficient (Wildman–Crippen LogP) is 4.04. The third-order valence-electron chi connectivity index (χ3n) is 4.53. The Morgan fingerprint density at radius 3 is 2.27 bits per heavy atom. The standard InChI is InChI=1S/C21H22ClN3O/c1-13-14(2)24-20(15(3)23-13)10-18-12-25(4)11-17(21(18)26)9-16-7-5-6-8-19(16)22/h5-10H,11-12H2,1-4H3/b17-9+,18-10+. The Hall–Kier alpha value is -2.30. The van der Waals surface area contributed by atoms with E-state index in [1.54, 1.807) is 0 Å². The highest BCUT2D eigenvalue weighted by atomic mass is 35.5. The molecule has 4 nitrogen and oxygen atoms in total. The van der Waals surface area contributed by atoms with Crippen molar-refractivity contribution in [1.29, 1.82) is 0 Å². The van der Waals surface area contributed by atoms with Crippen LogP contribution in [0.5, 0.6) is 0 Å². The maximum absolute atomic E-state index is 13.0. The maximum atomic E-state index is 13.0. The molecule has 1 aliphatic heterocycles. The highest BCUT2D eigenvalue weighted by Gasteiger charge is 2.24. The van der Waals surface area contributed by atoms with E-state index in [-0.39, 0.29) is 5.78 Å². The van der Waals surface area contributed by atoms with Crippen molar-refractivity contribution < 1.29 is 4.79 Å². The lowest BCUT2D eigenvalue weighted by molar-refractivity contribution is -0.113. The number of Topliss-reactive ketones (excluding diaryl/α,β-unsaturated/α-hetero) is 1. The number of hydrogen-bond acceptors (Lipinski definition) is 4. The van der Waals surface area contributed by atoms with Crippen molar-refractivity contribution in [2.24, 2.45) is 0 Å². The first-order chi connectivity index (χ1) is 12.3. The zero-order valence-electron chi connectivity index (χ0n) is 15.5. The summed E-state index contributed by atoms with van der Waals surface area (Å²) in [7, 11) is 2.00. The summed E-state index contributed by atoms with van der Waals surface area (Å²) < 4.78 is 0. The van der Waals surface area contributed by atoms with Gasteiger partial charge in [0.1, 0.15) is 0 Å². The van der Waals surface area contributed by atoms with Crippen LogP contribution in [0.25, 0.3) is 12.2 Å². The van der Waals surface area contributed by atoms with Crippen LogP contribution >= 0.6 is 11.6 Å². The molecule has 26 heavy (non-hydrogen) atoms. The van der Waals surface area contributed by atoms with Gasteiger partial charge in [-0.05, 0) is 51.6 Å². The molecule has 1 saturated heterocycles. The van der Waals surface area contributed by atoms with Gasteiger partial charge in [0.05, 0.1) is 22.8 Å². The van der Waals surface area contributed by atoms with Gasteiger partial charge in [-0.3, -0.25) is 14.7 Å². The number of halogens is 1. The summed E-state index contributed by atoms with van der Waals surface area (Å²) in [6, 6.07) is 7.54. The minimum atomic E-state index is 0.0439. The molecule has 1 aromatic heterocycles. The quantitative estimate of drug-likeness (QED) is 0.751. The topological polar surface area (TPSA) is 46.1 Å². The number of carbonyl (C=O) groups is 1. The van der Waals surface area contributed by atoms with E-state index in [0.29, 0.717) is 18.1 Å². The lowest BCUT2D eigenvalue weighted by atomic mass is 9.95. The number of hydrogen-bond donors (Lipinski definition) is 0. The molecule has 0 radical (unpaired) electrons. The van der Waals surface area contributed by atoms with Gasteiger partial charge in [-0.1, -0.05) is 29.8 Å². The molecule has 0 bridgehead atoms. The molecule has 0 amide bonds. The monoisotopic (exact) mass is 367 g/mol. The summed E-state index contributed by atoms with van der Waals surface area (Å²) in [4.78, 5) is 24.2. The summed E-state index contributed by atoms with van der Waals surface area (Å²) in [6.45, 7) is 6.98. The molecule has 5 heteroatoms. The van der Waals surface area contributed by atoms with E-state index in [9.17, 15) is 4.79 Å². The summed E-state index contributed by atoms with van der Waals surface area (Å²) >= 11 is 6.24. The smallest absolute Gasteiger partial charge is 0.187 e. The fourth-order valence-electron chi connectivity index (χ4n) is 3.02. The van der Waals surface area contributed by atoms with Crippen LogP contribution in [0.2, 0.25) is 5.02 Å². The van der Waals surface area contributed by atoms with Crippen LogP contribution in [0.15, 0.2) is 35.4 Å². The Kier molecular flexibility index (Phi) is 5.35. The van der Waals surface area contributed by atoms with Crippen molar-refractivity contribution in [2.75, 3.05) is 20.1 Å². The second-order valence-corrected chi connectivity index (χ2v) is 7.13. The van der Waals surface area contributed by atoms with Crippen molar-refractivity contribution in [1.82, 2.24) is 14.9 Å². The minimum Gasteiger partial charge on any atom is -0.298 e. The number of aryl methyl sites for hydroxylation is 3. The fraction of sp³-hybridized carbons (Fsp3) is 0.286. The highest BCUT2D eigenvalue weighted by molar-refractivity contribution is 6.32. The third kappa shape index (κ3) is 3.92. The lowest BCUT2D eigenvalue weighted by Gasteiger charge is -2.26. The van der Waals surface area contributed by atoms with Crippen molar-refractivity contribution in [2.45, 2.75) is 20.8 Å². The maximum Gasteiger partial charge on any atom is 0.187 e. The van der Waals surface area contributed by atoms with Gasteiger partial charge in [-0.2, -0.15) is 0 Å². The molecular formula is C21H22ClN3O. The molecule has 1 aliphatic rings. The second-order valence-electron chi connectivity index (χ2n) is 6.73. The van der Waals surface area contributed by atoms with E-state index in [2.05, 4.69) is 14.9 Å². The number of rotatable bonds is 2. The largest absolute Gasteiger partial charge is 0.298 e. The Morgan fingerprint density at radius 2 is 1.58 bits per heavy atom. The zero-order valence-corrected chi connectivity index (χ0v) is 16.3. The molecular weight excluding hydrogens is 346 g/mol. The van der Waals surface area contributed by atoms with Gasteiger partial charge in [0.25, 0.3) is 0 Å². The van der Waals surface area contributed by atoms with E-state index in [4.69, 9.17) is 11.6 Å². The van der Waals surface area contributed by atoms with E-state index < -0.39 is 0 Å². The first-order valence-corrected chi connectivity index (χ1v) is 8.93. The Labute approximate surface area is 159 Å². The molecule has 0 unspecified atom stereocenters. The van der Waals surface area contributed by atoms with Crippen molar-refractivity contribution in [3.63, 3.8) is 0 Å². The van der Waals surface area contributed by atoms with E-state index in [1.165, 1.54) is 0 Å². The van der Waals surface area contributed by atoms with Gasteiger partial charge in [0.2, 0.25) is 0 Å². The van der Waals surface area contributed by atoms with Crippen LogP contribution in [-0.4, -0.2) is 40.8 Å². The molecule has 0 spiro atoms. The molecule has 2 heterocycles. The highest BCUT2D eigenvalue weighted by Crippen LogP contribution is 2.24. The van der Waals surface area contributed by atoms with Gasteiger partial charge in [-0.15, -0.1) is 0 Å². The summed E-state index contributed by atoms with van der Waals surface area (Å²) in [6.07, 6.45) is 3.75. The Balaban J connectivity index is 2.00. The van der Waals surface area contributed by atoms with Gasteiger partial charge >= 0.3 is 0 Å². The second kappa shape index (κ2) is 7.52. The SMILES string of the molecule is Cc1nc(C)c(/C=C2\CN(C)C/C(=C\c3ccccc3Cl)C2=O)nc1C. The fourth-order valence-corrected chi connectivity index (χ4v) is 3.21. The van der Waals surface area contributed by atoms with E-state index in [1.807, 2.05) is 64.2 Å². The van der Waals surface area contributed by atoms with Crippen LogP contribution in [0, 0.1) is 20.8 Å². The molecule has 0 N–H and O–H groups in total. The van der Waals surface area contributed by atoms with Crippen LogP contribution in [0.1, 0.15) is 28.3 Å². The van der Waals surface area contributed by atoms with Crippen LogP contribution in [0.3, 0.4) is 0 Å². The van der Waals surface area contributed by atoms with Gasteiger partial charge < -0.3 is 0 Å². The van der Waals surface area contributed by atoms with Crippen molar-refractivity contribution >= 4 is 29.5 Å². The molecule has 1 fully saturated rings. The summed E-state index contributed by atoms with van der Waals surface area (Å²) in [5.41, 5.74) is 5.68. The first kappa shape index (κ1) is 18.5. The predicted molar refractivity (Wildman–Crippen MR) is 106 cm³/mol. The van der Waals surface area contributed by atoms with Crippen LogP contribution in [-0.2, 0) is 4.79 Å². The normalized spacial score (nSPS) is 18.7. The van der Waals surface area contributed by atoms with Crippen molar-refractivity contribution in [3.8, 4) is 0 Å². The average molecular weight is 368 g/mol. The van der Waals surface area contributed by atoms with Gasteiger partial charge in [0, 0.05) is 29.3 Å². The number of aromatic nitrogens is 2. The number of benzene rings is 1. The van der Waals surface area contributed by atoms with Crippen LogP contribution in [0.4, 0.5) is 0 Å². The molecule has 2 aromatic rings.